The fourth-order valence-corrected chi connectivity index (χ4v) is 2.02. The van der Waals surface area contributed by atoms with Crippen LogP contribution < -0.4 is 11.1 Å². The second-order valence-corrected chi connectivity index (χ2v) is 4.77. The van der Waals surface area contributed by atoms with E-state index in [1.807, 2.05) is 6.92 Å². The van der Waals surface area contributed by atoms with Gasteiger partial charge in [-0.1, -0.05) is 13.0 Å². The van der Waals surface area contributed by atoms with Gasteiger partial charge in [-0.3, -0.25) is 4.79 Å². The molecule has 106 valence electrons. The molecule has 2 aromatic rings. The van der Waals surface area contributed by atoms with Crippen molar-refractivity contribution in [1.82, 2.24) is 4.57 Å². The van der Waals surface area contributed by atoms with Crippen LogP contribution in [0.4, 0.5) is 15.8 Å². The lowest BCUT2D eigenvalue weighted by molar-refractivity contribution is 0.101. The Bertz CT molecular complexity index is 634. The lowest BCUT2D eigenvalue weighted by Gasteiger charge is -2.09. The Morgan fingerprint density at radius 3 is 2.80 bits per heavy atom. The molecule has 0 atom stereocenters. The van der Waals surface area contributed by atoms with E-state index in [1.54, 1.807) is 35.9 Å². The molecule has 0 fully saturated rings. The Morgan fingerprint density at radius 1 is 1.40 bits per heavy atom. The average Bonchev–Trinajstić information content (AvgIpc) is 2.75. The average molecular weight is 275 g/mol. The Labute approximate surface area is 117 Å². The molecule has 4 nitrogen and oxygen atoms in total. The first-order valence-corrected chi connectivity index (χ1v) is 6.54. The smallest absolute Gasteiger partial charge is 0.272 e. The lowest BCUT2D eigenvalue weighted by atomic mass is 10.2. The third-order valence-corrected chi connectivity index (χ3v) is 3.04. The predicted molar refractivity (Wildman–Crippen MR) is 78.2 cm³/mol. The second kappa shape index (κ2) is 5.77. The van der Waals surface area contributed by atoms with Gasteiger partial charge in [0.05, 0.1) is 5.69 Å². The summed E-state index contributed by atoms with van der Waals surface area (Å²) in [6.45, 7) is 4.41. The maximum atomic E-state index is 13.5. The third kappa shape index (κ3) is 2.99. The van der Waals surface area contributed by atoms with Gasteiger partial charge in [-0.2, -0.15) is 0 Å². The van der Waals surface area contributed by atoms with E-state index in [-0.39, 0.29) is 11.7 Å². The normalized spacial score (nSPS) is 10.6. The van der Waals surface area contributed by atoms with Crippen LogP contribution in [0.2, 0.25) is 0 Å². The van der Waals surface area contributed by atoms with E-state index in [4.69, 9.17) is 5.73 Å². The van der Waals surface area contributed by atoms with Crippen molar-refractivity contribution in [3.05, 3.63) is 47.5 Å². The Balaban J connectivity index is 2.21. The van der Waals surface area contributed by atoms with Gasteiger partial charge in [0.15, 0.2) is 0 Å². The topological polar surface area (TPSA) is 60.0 Å². The Kier molecular flexibility index (Phi) is 4.08. The Hall–Kier alpha value is -2.30. The van der Waals surface area contributed by atoms with Crippen molar-refractivity contribution in [3.63, 3.8) is 0 Å². The van der Waals surface area contributed by atoms with Crippen molar-refractivity contribution in [2.24, 2.45) is 0 Å². The number of nitrogens with two attached hydrogens (primary N) is 1. The van der Waals surface area contributed by atoms with Gasteiger partial charge < -0.3 is 15.6 Å². The van der Waals surface area contributed by atoms with Gasteiger partial charge in [-0.05, 0) is 37.1 Å². The standard InChI is InChI=1S/C15H18FN3O/c1-3-6-19-9-11(17)7-14(19)15(20)18-12-5-4-10(2)13(16)8-12/h4-5,7-9H,3,6,17H2,1-2H3,(H,18,20). The van der Waals surface area contributed by atoms with Gasteiger partial charge >= 0.3 is 0 Å². The molecule has 1 aromatic carbocycles. The molecule has 0 saturated carbocycles. The number of nitrogens with zero attached hydrogens (tertiary/aromatic N) is 1. The number of anilines is 2. The van der Waals surface area contributed by atoms with Gasteiger partial charge in [0, 0.05) is 18.4 Å². The first-order valence-electron chi connectivity index (χ1n) is 6.54. The number of nitrogen functional groups attached to an aromatic ring is 1. The fourth-order valence-electron chi connectivity index (χ4n) is 2.02. The largest absolute Gasteiger partial charge is 0.397 e. The van der Waals surface area contributed by atoms with E-state index < -0.39 is 0 Å². The summed E-state index contributed by atoms with van der Waals surface area (Å²) in [4.78, 5) is 12.2. The van der Waals surface area contributed by atoms with Crippen LogP contribution in [0.25, 0.3) is 0 Å². The summed E-state index contributed by atoms with van der Waals surface area (Å²) in [6, 6.07) is 6.23. The first kappa shape index (κ1) is 14.1. The van der Waals surface area contributed by atoms with Crippen LogP contribution in [0.15, 0.2) is 30.5 Å². The minimum atomic E-state index is -0.341. The molecule has 0 aliphatic carbocycles. The number of nitrogens with one attached hydrogen (secondary N) is 1. The molecule has 5 heteroatoms. The zero-order valence-corrected chi connectivity index (χ0v) is 11.6. The number of hydrogen-bond acceptors (Lipinski definition) is 2. The maximum Gasteiger partial charge on any atom is 0.272 e. The van der Waals surface area contributed by atoms with Crippen molar-refractivity contribution < 1.29 is 9.18 Å². The first-order chi connectivity index (χ1) is 9.51. The molecular formula is C15H18FN3O. The third-order valence-electron chi connectivity index (χ3n) is 3.04. The predicted octanol–water partition coefficient (Wildman–Crippen LogP) is 3.18. The van der Waals surface area contributed by atoms with Crippen LogP contribution >= 0.6 is 0 Å². The molecule has 1 heterocycles. The molecule has 0 bridgehead atoms. The molecule has 0 aliphatic rings. The Morgan fingerprint density at radius 2 is 2.15 bits per heavy atom. The number of carbonyl (C=O) groups excluding carboxylic acids is 1. The van der Waals surface area contributed by atoms with Crippen molar-refractivity contribution in [1.29, 1.82) is 0 Å². The highest BCUT2D eigenvalue weighted by molar-refractivity contribution is 6.03. The quantitative estimate of drug-likeness (QED) is 0.900. The highest BCUT2D eigenvalue weighted by Crippen LogP contribution is 2.17. The van der Waals surface area contributed by atoms with Gasteiger partial charge in [-0.15, -0.1) is 0 Å². The molecule has 1 amide bonds. The zero-order chi connectivity index (χ0) is 14.7. The monoisotopic (exact) mass is 275 g/mol. The molecule has 0 spiro atoms. The molecule has 2 rings (SSSR count). The van der Waals surface area contributed by atoms with Crippen molar-refractivity contribution >= 4 is 17.3 Å². The number of carbonyl (C=O) groups is 1. The van der Waals surface area contributed by atoms with Crippen molar-refractivity contribution in [3.8, 4) is 0 Å². The summed E-state index contributed by atoms with van der Waals surface area (Å²) in [5, 5.41) is 2.68. The number of aromatic nitrogens is 1. The number of halogens is 1. The highest BCUT2D eigenvalue weighted by atomic mass is 19.1. The van der Waals surface area contributed by atoms with Gasteiger partial charge in [0.1, 0.15) is 11.5 Å². The maximum absolute atomic E-state index is 13.5. The molecule has 0 aliphatic heterocycles. The number of aryl methyl sites for hydroxylation is 2. The van der Waals surface area contributed by atoms with E-state index in [0.29, 0.717) is 29.2 Å². The molecular weight excluding hydrogens is 257 g/mol. The summed E-state index contributed by atoms with van der Waals surface area (Å²) in [7, 11) is 0. The minimum Gasteiger partial charge on any atom is -0.397 e. The van der Waals surface area contributed by atoms with Crippen LogP contribution in [0.1, 0.15) is 29.4 Å². The summed E-state index contributed by atoms with van der Waals surface area (Å²) in [5.74, 6) is -0.635. The van der Waals surface area contributed by atoms with Crippen molar-refractivity contribution in [2.75, 3.05) is 11.1 Å². The summed E-state index contributed by atoms with van der Waals surface area (Å²) >= 11 is 0. The van der Waals surface area contributed by atoms with Gasteiger partial charge in [-0.25, -0.2) is 4.39 Å². The van der Waals surface area contributed by atoms with Gasteiger partial charge in [0.25, 0.3) is 5.91 Å². The summed E-state index contributed by atoms with van der Waals surface area (Å²) in [5.41, 5.74) is 7.72. The summed E-state index contributed by atoms with van der Waals surface area (Å²) in [6.07, 6.45) is 2.63. The minimum absolute atomic E-state index is 0.293. The van der Waals surface area contributed by atoms with Crippen LogP contribution in [0.5, 0.6) is 0 Å². The summed E-state index contributed by atoms with van der Waals surface area (Å²) < 4.78 is 15.3. The number of amides is 1. The molecule has 20 heavy (non-hydrogen) atoms. The molecule has 3 N–H and O–H groups in total. The molecule has 0 unspecified atom stereocenters. The van der Waals surface area contributed by atoms with Gasteiger partial charge in [0.2, 0.25) is 0 Å². The fraction of sp³-hybridized carbons (Fsp3) is 0.267. The van der Waals surface area contributed by atoms with E-state index in [2.05, 4.69) is 5.32 Å². The number of benzene rings is 1. The second-order valence-electron chi connectivity index (χ2n) is 4.77. The SMILES string of the molecule is CCCn1cc(N)cc1C(=O)Nc1ccc(C)c(F)c1. The van der Waals surface area contributed by atoms with Crippen LogP contribution in [0.3, 0.4) is 0 Å². The lowest BCUT2D eigenvalue weighted by Crippen LogP contribution is -2.16. The number of hydrogen-bond donors (Lipinski definition) is 2. The zero-order valence-electron chi connectivity index (χ0n) is 11.6. The number of rotatable bonds is 4. The molecule has 0 saturated heterocycles. The van der Waals surface area contributed by atoms with E-state index in [1.165, 1.54) is 6.07 Å². The van der Waals surface area contributed by atoms with E-state index >= 15 is 0 Å². The van der Waals surface area contributed by atoms with Crippen molar-refractivity contribution in [2.45, 2.75) is 26.8 Å². The van der Waals surface area contributed by atoms with E-state index in [0.717, 1.165) is 6.42 Å². The van der Waals surface area contributed by atoms with E-state index in [9.17, 15) is 9.18 Å². The van der Waals surface area contributed by atoms with Crippen LogP contribution in [0, 0.1) is 12.7 Å². The van der Waals surface area contributed by atoms with Crippen LogP contribution in [-0.2, 0) is 6.54 Å². The molecule has 0 radical (unpaired) electrons. The molecule has 1 aromatic heterocycles. The highest BCUT2D eigenvalue weighted by Gasteiger charge is 2.13. The van der Waals surface area contributed by atoms with Crippen LogP contribution in [-0.4, -0.2) is 10.5 Å².